The van der Waals surface area contributed by atoms with Crippen LogP contribution in [-0.2, 0) is 0 Å². The van der Waals surface area contributed by atoms with Crippen LogP contribution < -0.4 is 15.8 Å². The first-order valence-electron chi connectivity index (χ1n) is 8.04. The summed E-state index contributed by atoms with van der Waals surface area (Å²) in [5, 5.41) is 0. The molecule has 0 aliphatic carbocycles. The number of nitrogens with zero attached hydrogens (tertiary/aromatic N) is 2. The Morgan fingerprint density at radius 2 is 1.60 bits per heavy atom. The fourth-order valence-corrected chi connectivity index (χ4v) is 3.10. The Balaban J connectivity index is 1.47. The summed E-state index contributed by atoms with van der Waals surface area (Å²) in [4.78, 5) is 28.2. The summed E-state index contributed by atoms with van der Waals surface area (Å²) < 4.78 is 0.809. The molecule has 0 saturated carbocycles. The van der Waals surface area contributed by atoms with Gasteiger partial charge in [0, 0.05) is 41.9 Å². The van der Waals surface area contributed by atoms with Gasteiger partial charge in [-0.15, -0.1) is 0 Å². The molecule has 0 atom stereocenters. The Kier molecular flexibility index (Phi) is 5.55. The molecule has 2 N–H and O–H groups in total. The molecule has 1 fully saturated rings. The van der Waals surface area contributed by atoms with Crippen molar-refractivity contribution in [2.24, 2.45) is 0 Å². The zero-order chi connectivity index (χ0) is 17.6. The van der Waals surface area contributed by atoms with Gasteiger partial charge < -0.3 is 9.80 Å². The van der Waals surface area contributed by atoms with Crippen molar-refractivity contribution >= 4 is 33.6 Å². The van der Waals surface area contributed by atoms with E-state index in [-0.39, 0.29) is 11.9 Å². The van der Waals surface area contributed by atoms with E-state index < -0.39 is 0 Å². The van der Waals surface area contributed by atoms with Crippen molar-refractivity contribution < 1.29 is 9.59 Å². The summed E-state index contributed by atoms with van der Waals surface area (Å²) in [7, 11) is 0. The molecule has 3 amide bonds. The predicted molar refractivity (Wildman–Crippen MR) is 100 cm³/mol. The maximum Gasteiger partial charge on any atom is 0.336 e. The average Bonchev–Trinajstić information content (AvgIpc) is 2.66. The van der Waals surface area contributed by atoms with Crippen LogP contribution in [0.4, 0.5) is 10.5 Å². The Hall–Kier alpha value is -2.54. The first-order chi connectivity index (χ1) is 12.1. The van der Waals surface area contributed by atoms with Crippen LogP contribution in [0.1, 0.15) is 10.4 Å². The number of nitrogens with one attached hydrogen (secondary N) is 2. The lowest BCUT2D eigenvalue weighted by molar-refractivity contribution is 0.0929. The second-order valence-corrected chi connectivity index (χ2v) is 6.62. The molecule has 1 heterocycles. The summed E-state index contributed by atoms with van der Waals surface area (Å²) in [6.07, 6.45) is 0. The SMILES string of the molecule is O=C(NNC(=O)N1CCN(c2ccccc2)CC1)c1cccc(Br)c1. The number of urea groups is 1. The standard InChI is InChI=1S/C18H19BrN4O2/c19-15-6-4-5-14(13-15)17(24)20-21-18(25)23-11-9-22(10-12-23)16-7-2-1-3-8-16/h1-8,13H,9-12H2,(H,20,24)(H,21,25). The van der Waals surface area contributed by atoms with Gasteiger partial charge in [-0.25, -0.2) is 10.2 Å². The lowest BCUT2D eigenvalue weighted by Crippen LogP contribution is -2.55. The molecule has 25 heavy (non-hydrogen) atoms. The van der Waals surface area contributed by atoms with Crippen LogP contribution in [0.3, 0.4) is 0 Å². The van der Waals surface area contributed by atoms with Crippen LogP contribution in [0.2, 0.25) is 0 Å². The van der Waals surface area contributed by atoms with Gasteiger partial charge in [-0.1, -0.05) is 40.2 Å². The molecule has 0 unspecified atom stereocenters. The minimum Gasteiger partial charge on any atom is -0.368 e. The number of benzene rings is 2. The van der Waals surface area contributed by atoms with Crippen molar-refractivity contribution in [2.45, 2.75) is 0 Å². The van der Waals surface area contributed by atoms with E-state index in [0.29, 0.717) is 18.7 Å². The Bertz CT molecular complexity index is 746. The minimum absolute atomic E-state index is 0.295. The van der Waals surface area contributed by atoms with Crippen LogP contribution in [0.15, 0.2) is 59.1 Å². The van der Waals surface area contributed by atoms with Gasteiger partial charge in [0.15, 0.2) is 0 Å². The fraction of sp³-hybridized carbons (Fsp3) is 0.222. The highest BCUT2D eigenvalue weighted by Gasteiger charge is 2.21. The first kappa shape index (κ1) is 17.3. The molecule has 0 radical (unpaired) electrons. The van der Waals surface area contributed by atoms with E-state index in [9.17, 15) is 9.59 Å². The highest BCUT2D eigenvalue weighted by atomic mass is 79.9. The van der Waals surface area contributed by atoms with Crippen LogP contribution in [0.25, 0.3) is 0 Å². The second-order valence-electron chi connectivity index (χ2n) is 5.70. The number of piperazine rings is 1. The number of carbonyl (C=O) groups is 2. The number of amides is 3. The number of anilines is 1. The number of rotatable bonds is 2. The molecule has 1 saturated heterocycles. The first-order valence-corrected chi connectivity index (χ1v) is 8.83. The normalized spacial score (nSPS) is 14.1. The molecule has 7 heteroatoms. The third kappa shape index (κ3) is 4.51. The Morgan fingerprint density at radius 1 is 0.880 bits per heavy atom. The molecule has 2 aromatic rings. The van der Waals surface area contributed by atoms with Crippen molar-refractivity contribution in [3.05, 3.63) is 64.6 Å². The predicted octanol–water partition coefficient (Wildman–Crippen LogP) is 2.63. The van der Waals surface area contributed by atoms with Crippen LogP contribution in [0, 0.1) is 0 Å². The average molecular weight is 403 g/mol. The van der Waals surface area contributed by atoms with Gasteiger partial charge in [0.2, 0.25) is 0 Å². The largest absolute Gasteiger partial charge is 0.368 e. The molecular weight excluding hydrogens is 384 g/mol. The molecule has 3 rings (SSSR count). The lowest BCUT2D eigenvalue weighted by Gasteiger charge is -2.36. The third-order valence-corrected chi connectivity index (χ3v) is 4.55. The molecule has 0 aromatic heterocycles. The summed E-state index contributed by atoms with van der Waals surface area (Å²) in [6.45, 7) is 2.73. The van der Waals surface area contributed by atoms with Gasteiger partial charge in [-0.2, -0.15) is 0 Å². The molecule has 2 aromatic carbocycles. The summed E-state index contributed by atoms with van der Waals surface area (Å²) in [6, 6.07) is 16.8. The Morgan fingerprint density at radius 3 is 2.28 bits per heavy atom. The summed E-state index contributed by atoms with van der Waals surface area (Å²) in [5.41, 5.74) is 6.56. The fourth-order valence-electron chi connectivity index (χ4n) is 2.70. The van der Waals surface area contributed by atoms with Crippen LogP contribution >= 0.6 is 15.9 Å². The van der Waals surface area contributed by atoms with Crippen molar-refractivity contribution in [1.29, 1.82) is 0 Å². The van der Waals surface area contributed by atoms with E-state index in [0.717, 1.165) is 23.2 Å². The number of para-hydroxylation sites is 1. The third-order valence-electron chi connectivity index (χ3n) is 4.06. The lowest BCUT2D eigenvalue weighted by atomic mass is 10.2. The monoisotopic (exact) mass is 402 g/mol. The van der Waals surface area contributed by atoms with Gasteiger partial charge in [0.05, 0.1) is 0 Å². The summed E-state index contributed by atoms with van der Waals surface area (Å²) in [5.74, 6) is -0.349. The van der Waals surface area contributed by atoms with Crippen LogP contribution in [0.5, 0.6) is 0 Å². The number of hydrogen-bond acceptors (Lipinski definition) is 3. The van der Waals surface area contributed by atoms with Crippen molar-refractivity contribution in [2.75, 3.05) is 31.1 Å². The topological polar surface area (TPSA) is 64.7 Å². The zero-order valence-electron chi connectivity index (χ0n) is 13.6. The maximum absolute atomic E-state index is 12.2. The number of hydrazine groups is 1. The van der Waals surface area contributed by atoms with E-state index >= 15 is 0 Å². The van der Waals surface area contributed by atoms with Crippen molar-refractivity contribution in [1.82, 2.24) is 15.8 Å². The number of hydrogen-bond donors (Lipinski definition) is 2. The molecule has 6 nitrogen and oxygen atoms in total. The van der Waals surface area contributed by atoms with Crippen molar-refractivity contribution in [3.8, 4) is 0 Å². The number of carbonyl (C=O) groups excluding carboxylic acids is 2. The van der Waals surface area contributed by atoms with E-state index in [1.165, 1.54) is 0 Å². The maximum atomic E-state index is 12.2. The molecule has 130 valence electrons. The van der Waals surface area contributed by atoms with Crippen LogP contribution in [-0.4, -0.2) is 43.0 Å². The smallest absolute Gasteiger partial charge is 0.336 e. The van der Waals surface area contributed by atoms with Gasteiger partial charge in [0.25, 0.3) is 5.91 Å². The highest BCUT2D eigenvalue weighted by Crippen LogP contribution is 2.15. The zero-order valence-corrected chi connectivity index (χ0v) is 15.2. The quantitative estimate of drug-likeness (QED) is 0.758. The van der Waals surface area contributed by atoms with Gasteiger partial charge in [-0.3, -0.25) is 10.2 Å². The van der Waals surface area contributed by atoms with E-state index in [2.05, 4.69) is 43.8 Å². The van der Waals surface area contributed by atoms with Crippen molar-refractivity contribution in [3.63, 3.8) is 0 Å². The molecule has 0 bridgehead atoms. The van der Waals surface area contributed by atoms with E-state index in [4.69, 9.17) is 0 Å². The minimum atomic E-state index is -0.349. The van der Waals surface area contributed by atoms with E-state index in [1.54, 1.807) is 23.1 Å². The van der Waals surface area contributed by atoms with Gasteiger partial charge in [0.1, 0.15) is 0 Å². The molecule has 0 spiro atoms. The Labute approximate surface area is 154 Å². The van der Waals surface area contributed by atoms with Gasteiger partial charge >= 0.3 is 6.03 Å². The molecule has 1 aliphatic heterocycles. The second kappa shape index (κ2) is 8.02. The number of halogens is 1. The summed E-state index contributed by atoms with van der Waals surface area (Å²) >= 11 is 3.32. The molecule has 1 aliphatic rings. The van der Waals surface area contributed by atoms with Gasteiger partial charge in [-0.05, 0) is 30.3 Å². The molecular formula is C18H19BrN4O2. The highest BCUT2D eigenvalue weighted by molar-refractivity contribution is 9.10. The van der Waals surface area contributed by atoms with E-state index in [1.807, 2.05) is 24.3 Å².